The molecule has 0 unspecified atom stereocenters. The third-order valence-electron chi connectivity index (χ3n) is 5.15. The second kappa shape index (κ2) is 8.17. The zero-order valence-corrected chi connectivity index (χ0v) is 17.5. The maximum Gasteiger partial charge on any atom is 0.260 e. The average molecular weight is 417 g/mol. The number of fused-ring (bicyclic) bond motifs is 1. The first-order valence-corrected chi connectivity index (χ1v) is 10.1. The van der Waals surface area contributed by atoms with E-state index in [-0.39, 0.29) is 18.0 Å². The molecule has 0 fully saturated rings. The molecule has 1 N–H and O–H groups in total. The zero-order valence-electron chi connectivity index (χ0n) is 16.8. The Balaban J connectivity index is 1.83. The molecular weight excluding hydrogens is 396 g/mol. The number of carbonyl (C=O) groups is 1. The molecule has 0 saturated heterocycles. The van der Waals surface area contributed by atoms with Crippen LogP contribution in [0.5, 0.6) is 0 Å². The summed E-state index contributed by atoms with van der Waals surface area (Å²) in [7, 11) is 0. The minimum absolute atomic E-state index is 0.133. The van der Waals surface area contributed by atoms with Crippen LogP contribution in [0, 0.1) is 13.8 Å². The molecule has 0 atom stereocenters. The number of nitrogens with one attached hydrogen (secondary N) is 1. The number of rotatable bonds is 4. The fourth-order valence-corrected chi connectivity index (χ4v) is 3.85. The highest BCUT2D eigenvalue weighted by Crippen LogP contribution is 2.27. The fourth-order valence-electron chi connectivity index (χ4n) is 3.64. The Morgan fingerprint density at radius 1 is 0.967 bits per heavy atom. The van der Waals surface area contributed by atoms with Gasteiger partial charge in [0.15, 0.2) is 0 Å². The molecule has 0 aliphatic carbocycles. The van der Waals surface area contributed by atoms with Gasteiger partial charge in [-0.25, -0.2) is 0 Å². The lowest BCUT2D eigenvalue weighted by molar-refractivity contribution is 0.0985. The fraction of sp³-hybridized carbons (Fsp3) is 0.120. The largest absolute Gasteiger partial charge is 0.322 e. The lowest BCUT2D eigenvalue weighted by Gasteiger charge is -2.25. The van der Waals surface area contributed by atoms with Crippen molar-refractivity contribution < 1.29 is 4.79 Å². The summed E-state index contributed by atoms with van der Waals surface area (Å²) >= 11 is 6.31. The first kappa shape index (κ1) is 19.9. The summed E-state index contributed by atoms with van der Waals surface area (Å²) in [5.41, 5.74) is 4.26. The molecule has 0 spiro atoms. The number of hydrogen-bond donors (Lipinski definition) is 1. The number of benzene rings is 3. The smallest absolute Gasteiger partial charge is 0.260 e. The number of halogens is 1. The molecule has 4 rings (SSSR count). The first-order chi connectivity index (χ1) is 14.4. The lowest BCUT2D eigenvalue weighted by Crippen LogP contribution is -2.33. The number of amides is 1. The van der Waals surface area contributed by atoms with Crippen molar-refractivity contribution in [3.05, 3.63) is 110 Å². The van der Waals surface area contributed by atoms with Gasteiger partial charge in [-0.05, 0) is 55.1 Å². The van der Waals surface area contributed by atoms with E-state index in [0.29, 0.717) is 16.1 Å². The summed E-state index contributed by atoms with van der Waals surface area (Å²) in [6.45, 7) is 4.10. The summed E-state index contributed by atoms with van der Waals surface area (Å²) in [4.78, 5) is 30.8. The van der Waals surface area contributed by atoms with Gasteiger partial charge >= 0.3 is 0 Å². The molecule has 0 radical (unpaired) electrons. The van der Waals surface area contributed by atoms with E-state index in [9.17, 15) is 9.59 Å². The molecule has 1 aromatic heterocycles. The summed E-state index contributed by atoms with van der Waals surface area (Å²) in [5.74, 6) is -0.250. The normalized spacial score (nSPS) is 10.9. The van der Waals surface area contributed by atoms with E-state index in [1.54, 1.807) is 29.2 Å². The van der Waals surface area contributed by atoms with E-state index in [2.05, 4.69) is 4.98 Å². The van der Waals surface area contributed by atoms with Crippen molar-refractivity contribution in [2.45, 2.75) is 20.4 Å². The van der Waals surface area contributed by atoms with Gasteiger partial charge in [0.25, 0.3) is 11.5 Å². The van der Waals surface area contributed by atoms with E-state index >= 15 is 0 Å². The van der Waals surface area contributed by atoms with Gasteiger partial charge in [-0.15, -0.1) is 0 Å². The summed E-state index contributed by atoms with van der Waals surface area (Å²) in [6.07, 6.45) is 0. The first-order valence-electron chi connectivity index (χ1n) is 9.68. The monoisotopic (exact) mass is 416 g/mol. The predicted octanol–water partition coefficient (Wildman–Crippen LogP) is 5.65. The molecule has 0 saturated carbocycles. The highest BCUT2D eigenvalue weighted by atomic mass is 35.5. The molecule has 30 heavy (non-hydrogen) atoms. The lowest BCUT2D eigenvalue weighted by atomic mass is 10.1. The van der Waals surface area contributed by atoms with Crippen LogP contribution in [0.2, 0.25) is 5.02 Å². The van der Waals surface area contributed by atoms with Crippen molar-refractivity contribution in [2.75, 3.05) is 4.90 Å². The molecule has 150 valence electrons. The molecule has 0 bridgehead atoms. The van der Waals surface area contributed by atoms with Gasteiger partial charge in [0.1, 0.15) is 0 Å². The predicted molar refractivity (Wildman–Crippen MR) is 122 cm³/mol. The molecule has 1 heterocycles. The van der Waals surface area contributed by atoms with E-state index in [1.165, 1.54) is 0 Å². The van der Waals surface area contributed by atoms with Gasteiger partial charge in [-0.2, -0.15) is 0 Å². The van der Waals surface area contributed by atoms with Crippen molar-refractivity contribution in [3.63, 3.8) is 0 Å². The average Bonchev–Trinajstić information content (AvgIpc) is 2.72. The number of hydrogen-bond acceptors (Lipinski definition) is 2. The number of aromatic amines is 1. The quantitative estimate of drug-likeness (QED) is 0.467. The summed E-state index contributed by atoms with van der Waals surface area (Å²) in [5, 5.41) is 1.29. The van der Waals surface area contributed by atoms with Crippen molar-refractivity contribution in [1.82, 2.24) is 4.98 Å². The SMILES string of the molecule is Cc1ccc(N(Cc2cc3ccccc3[nH]c2=O)C(=O)c2ccccc2Cl)c(C)c1. The number of para-hydroxylation sites is 1. The van der Waals surface area contributed by atoms with Crippen LogP contribution in [0.15, 0.2) is 77.6 Å². The third kappa shape index (κ3) is 3.87. The van der Waals surface area contributed by atoms with Crippen LogP contribution in [0.4, 0.5) is 5.69 Å². The Morgan fingerprint density at radius 3 is 2.47 bits per heavy atom. The molecule has 4 nitrogen and oxygen atoms in total. The number of pyridine rings is 1. The standard InChI is InChI=1S/C25H21ClN2O2/c1-16-11-12-23(17(2)13-16)28(25(30)20-8-4-5-9-21(20)26)15-19-14-18-7-3-6-10-22(18)27-24(19)29/h3-14H,15H2,1-2H3,(H,27,29). The van der Waals surface area contributed by atoms with E-state index in [4.69, 9.17) is 11.6 Å². The second-order valence-electron chi connectivity index (χ2n) is 7.37. The van der Waals surface area contributed by atoms with Crippen molar-refractivity contribution in [3.8, 4) is 0 Å². The van der Waals surface area contributed by atoms with E-state index < -0.39 is 0 Å². The minimum atomic E-state index is -0.250. The van der Waals surface area contributed by atoms with Crippen LogP contribution in [0.1, 0.15) is 27.0 Å². The van der Waals surface area contributed by atoms with Gasteiger partial charge < -0.3 is 9.88 Å². The zero-order chi connectivity index (χ0) is 21.3. The van der Waals surface area contributed by atoms with Crippen LogP contribution < -0.4 is 10.5 Å². The number of aryl methyl sites for hydroxylation is 2. The second-order valence-corrected chi connectivity index (χ2v) is 7.78. The Labute approximate surface area is 179 Å². The highest BCUT2D eigenvalue weighted by molar-refractivity contribution is 6.34. The number of H-pyrrole nitrogens is 1. The molecule has 0 aliphatic rings. The maximum absolute atomic E-state index is 13.5. The van der Waals surface area contributed by atoms with Crippen LogP contribution >= 0.6 is 11.6 Å². The van der Waals surface area contributed by atoms with Crippen molar-refractivity contribution >= 4 is 34.1 Å². The Kier molecular flexibility index (Phi) is 5.42. The Hall–Kier alpha value is -3.37. The summed E-state index contributed by atoms with van der Waals surface area (Å²) in [6, 6.07) is 22.3. The maximum atomic E-state index is 13.5. The van der Waals surface area contributed by atoms with Gasteiger partial charge in [0.05, 0.1) is 17.1 Å². The minimum Gasteiger partial charge on any atom is -0.322 e. The Morgan fingerprint density at radius 2 is 1.70 bits per heavy atom. The van der Waals surface area contributed by atoms with Gasteiger partial charge in [0.2, 0.25) is 0 Å². The number of anilines is 1. The number of aromatic nitrogens is 1. The van der Waals surface area contributed by atoms with Crippen LogP contribution in [0.3, 0.4) is 0 Å². The van der Waals surface area contributed by atoms with Crippen LogP contribution in [-0.4, -0.2) is 10.9 Å². The number of carbonyl (C=O) groups excluding carboxylic acids is 1. The van der Waals surface area contributed by atoms with E-state index in [0.717, 1.165) is 27.7 Å². The van der Waals surface area contributed by atoms with Crippen LogP contribution in [0.25, 0.3) is 10.9 Å². The van der Waals surface area contributed by atoms with Gasteiger partial charge in [-0.3, -0.25) is 9.59 Å². The molecule has 5 heteroatoms. The molecular formula is C25H21ClN2O2. The topological polar surface area (TPSA) is 53.2 Å². The van der Waals surface area contributed by atoms with Gasteiger partial charge in [0, 0.05) is 16.8 Å². The third-order valence-corrected chi connectivity index (χ3v) is 5.48. The van der Waals surface area contributed by atoms with Crippen molar-refractivity contribution in [1.29, 1.82) is 0 Å². The van der Waals surface area contributed by atoms with E-state index in [1.807, 2.05) is 62.4 Å². The summed E-state index contributed by atoms with van der Waals surface area (Å²) < 4.78 is 0. The van der Waals surface area contributed by atoms with Crippen LogP contribution in [-0.2, 0) is 6.54 Å². The highest BCUT2D eigenvalue weighted by Gasteiger charge is 2.23. The molecule has 1 amide bonds. The Bertz CT molecular complexity index is 1310. The van der Waals surface area contributed by atoms with Gasteiger partial charge in [-0.1, -0.05) is 59.6 Å². The van der Waals surface area contributed by atoms with Crippen molar-refractivity contribution in [2.24, 2.45) is 0 Å². The molecule has 3 aromatic carbocycles. The number of nitrogens with zero attached hydrogens (tertiary/aromatic N) is 1. The molecule has 4 aromatic rings. The molecule has 0 aliphatic heterocycles.